The lowest BCUT2D eigenvalue weighted by atomic mass is 10.0. The molecular formula is C24H25FN2O2. The van der Waals surface area contributed by atoms with E-state index in [9.17, 15) is 9.18 Å². The van der Waals surface area contributed by atoms with Gasteiger partial charge in [-0.1, -0.05) is 48.5 Å². The maximum Gasteiger partial charge on any atom is 0.258 e. The highest BCUT2D eigenvalue weighted by atomic mass is 19.1. The van der Waals surface area contributed by atoms with E-state index in [1.807, 2.05) is 44.4 Å². The van der Waals surface area contributed by atoms with E-state index in [1.165, 1.54) is 12.1 Å². The number of hydrogen-bond donors (Lipinski definition) is 1. The average molecular weight is 392 g/mol. The van der Waals surface area contributed by atoms with Gasteiger partial charge in [0.1, 0.15) is 11.6 Å². The van der Waals surface area contributed by atoms with Gasteiger partial charge in [-0.25, -0.2) is 4.39 Å². The molecule has 3 aromatic rings. The highest BCUT2D eigenvalue weighted by molar-refractivity contribution is 5.77. The number of halogens is 1. The van der Waals surface area contributed by atoms with Gasteiger partial charge in [0.15, 0.2) is 6.61 Å². The van der Waals surface area contributed by atoms with E-state index in [2.05, 4.69) is 28.4 Å². The summed E-state index contributed by atoms with van der Waals surface area (Å²) in [6.07, 6.45) is 0. The van der Waals surface area contributed by atoms with E-state index in [0.717, 1.165) is 22.3 Å². The third-order valence-electron chi connectivity index (χ3n) is 4.42. The van der Waals surface area contributed by atoms with Crippen molar-refractivity contribution in [2.45, 2.75) is 13.1 Å². The second-order valence-corrected chi connectivity index (χ2v) is 7.12. The number of hydrogen-bond acceptors (Lipinski definition) is 3. The smallest absolute Gasteiger partial charge is 0.258 e. The predicted octanol–water partition coefficient (Wildman–Crippen LogP) is 4.25. The van der Waals surface area contributed by atoms with E-state index in [0.29, 0.717) is 18.8 Å². The molecule has 150 valence electrons. The van der Waals surface area contributed by atoms with E-state index < -0.39 is 0 Å². The normalized spacial score (nSPS) is 10.8. The molecule has 0 radical (unpaired) electrons. The largest absolute Gasteiger partial charge is 0.483 e. The minimum atomic E-state index is -0.296. The van der Waals surface area contributed by atoms with Crippen LogP contribution in [0, 0.1) is 5.82 Å². The van der Waals surface area contributed by atoms with Crippen LogP contribution in [0.4, 0.5) is 4.39 Å². The number of ether oxygens (including phenoxy) is 1. The minimum absolute atomic E-state index is 0.0771. The van der Waals surface area contributed by atoms with Crippen LogP contribution >= 0.6 is 0 Å². The number of nitrogens with zero attached hydrogens (tertiary/aromatic N) is 1. The van der Waals surface area contributed by atoms with Crippen molar-refractivity contribution < 1.29 is 13.9 Å². The van der Waals surface area contributed by atoms with Crippen LogP contribution in [0.25, 0.3) is 11.1 Å². The summed E-state index contributed by atoms with van der Waals surface area (Å²) in [5, 5.41) is 2.79. The molecule has 3 rings (SSSR count). The molecule has 0 fully saturated rings. The summed E-state index contributed by atoms with van der Waals surface area (Å²) in [5.41, 5.74) is 4.09. The van der Waals surface area contributed by atoms with Gasteiger partial charge in [-0.05, 0) is 55.1 Å². The maximum absolute atomic E-state index is 12.9. The van der Waals surface area contributed by atoms with Gasteiger partial charge in [0.25, 0.3) is 5.91 Å². The summed E-state index contributed by atoms with van der Waals surface area (Å²) >= 11 is 0. The van der Waals surface area contributed by atoms with Crippen LogP contribution in [0.3, 0.4) is 0 Å². The van der Waals surface area contributed by atoms with Crippen LogP contribution in [-0.4, -0.2) is 31.5 Å². The molecule has 5 heteroatoms. The highest BCUT2D eigenvalue weighted by Crippen LogP contribution is 2.27. The molecule has 4 nitrogen and oxygen atoms in total. The van der Waals surface area contributed by atoms with Crippen molar-refractivity contribution in [3.8, 4) is 16.9 Å². The van der Waals surface area contributed by atoms with Crippen molar-refractivity contribution in [1.29, 1.82) is 0 Å². The van der Waals surface area contributed by atoms with Crippen LogP contribution < -0.4 is 10.1 Å². The summed E-state index contributed by atoms with van der Waals surface area (Å²) < 4.78 is 18.7. The van der Waals surface area contributed by atoms with Crippen molar-refractivity contribution in [3.63, 3.8) is 0 Å². The molecule has 0 atom stereocenters. The monoisotopic (exact) mass is 392 g/mol. The second-order valence-electron chi connectivity index (χ2n) is 7.12. The van der Waals surface area contributed by atoms with Crippen LogP contribution in [-0.2, 0) is 17.9 Å². The molecule has 1 N–H and O–H groups in total. The van der Waals surface area contributed by atoms with Gasteiger partial charge in [-0.2, -0.15) is 0 Å². The summed E-state index contributed by atoms with van der Waals surface area (Å²) in [6, 6.07) is 22.2. The molecule has 0 spiro atoms. The average Bonchev–Trinajstić information content (AvgIpc) is 2.72. The van der Waals surface area contributed by atoms with Gasteiger partial charge < -0.3 is 15.0 Å². The number of rotatable bonds is 8. The first-order valence-corrected chi connectivity index (χ1v) is 9.48. The lowest BCUT2D eigenvalue weighted by Gasteiger charge is -2.16. The van der Waals surface area contributed by atoms with E-state index in [1.54, 1.807) is 12.1 Å². The van der Waals surface area contributed by atoms with Crippen molar-refractivity contribution in [1.82, 2.24) is 10.2 Å². The molecule has 0 saturated heterocycles. The number of carbonyl (C=O) groups is 1. The van der Waals surface area contributed by atoms with Crippen LogP contribution in [0.2, 0.25) is 0 Å². The van der Waals surface area contributed by atoms with Crippen molar-refractivity contribution in [2.24, 2.45) is 0 Å². The van der Waals surface area contributed by atoms with Gasteiger partial charge in [0, 0.05) is 18.7 Å². The zero-order chi connectivity index (χ0) is 20.6. The Morgan fingerprint density at radius 1 is 0.966 bits per heavy atom. The first-order valence-electron chi connectivity index (χ1n) is 9.48. The molecular weight excluding hydrogens is 367 g/mol. The fourth-order valence-corrected chi connectivity index (χ4v) is 2.99. The summed E-state index contributed by atoms with van der Waals surface area (Å²) in [7, 11) is 3.99. The van der Waals surface area contributed by atoms with Crippen molar-refractivity contribution >= 4 is 5.91 Å². The maximum atomic E-state index is 12.9. The molecule has 1 amide bonds. The molecule has 0 bridgehead atoms. The van der Waals surface area contributed by atoms with E-state index >= 15 is 0 Å². The lowest BCUT2D eigenvalue weighted by molar-refractivity contribution is -0.123. The summed E-state index contributed by atoms with van der Waals surface area (Å²) in [4.78, 5) is 14.2. The fraction of sp³-hybridized carbons (Fsp3) is 0.208. The second kappa shape index (κ2) is 9.85. The number of nitrogens with one attached hydrogen (secondary N) is 1. The SMILES string of the molecule is CN(C)Cc1cc(-c2ccccc2)ccc1OCC(=O)NCc1ccc(F)cc1. The molecule has 29 heavy (non-hydrogen) atoms. The first-order chi connectivity index (χ1) is 14.0. The van der Waals surface area contributed by atoms with Gasteiger partial charge in [0.2, 0.25) is 0 Å². The van der Waals surface area contributed by atoms with Gasteiger partial charge >= 0.3 is 0 Å². The molecule has 0 saturated carbocycles. The van der Waals surface area contributed by atoms with Crippen molar-refractivity contribution in [3.05, 3.63) is 89.7 Å². The fourth-order valence-electron chi connectivity index (χ4n) is 2.99. The minimum Gasteiger partial charge on any atom is -0.483 e. The standard InChI is InChI=1S/C24H25FN2O2/c1-27(2)16-21-14-20(19-6-4-3-5-7-19)10-13-23(21)29-17-24(28)26-15-18-8-11-22(25)12-9-18/h3-14H,15-17H2,1-2H3,(H,26,28). The van der Waals surface area contributed by atoms with E-state index in [4.69, 9.17) is 4.74 Å². The predicted molar refractivity (Wildman–Crippen MR) is 113 cm³/mol. The molecule has 0 heterocycles. The first kappa shape index (κ1) is 20.6. The Balaban J connectivity index is 1.64. The Morgan fingerprint density at radius 2 is 1.69 bits per heavy atom. The quantitative estimate of drug-likeness (QED) is 0.623. The van der Waals surface area contributed by atoms with Crippen LogP contribution in [0.5, 0.6) is 5.75 Å². The Kier molecular flexibility index (Phi) is 6.98. The molecule has 0 aromatic heterocycles. The zero-order valence-electron chi connectivity index (χ0n) is 16.7. The van der Waals surface area contributed by atoms with Crippen LogP contribution in [0.15, 0.2) is 72.8 Å². The highest BCUT2D eigenvalue weighted by Gasteiger charge is 2.10. The Labute approximate surface area is 170 Å². The Bertz CT molecular complexity index is 941. The number of amides is 1. The van der Waals surface area contributed by atoms with Gasteiger partial charge in [-0.15, -0.1) is 0 Å². The zero-order valence-corrected chi connectivity index (χ0v) is 16.7. The summed E-state index contributed by atoms with van der Waals surface area (Å²) in [6.45, 7) is 0.958. The molecule has 0 aliphatic rings. The topological polar surface area (TPSA) is 41.6 Å². The molecule has 3 aromatic carbocycles. The van der Waals surface area contributed by atoms with Crippen LogP contribution in [0.1, 0.15) is 11.1 Å². The molecule has 0 aliphatic heterocycles. The van der Waals surface area contributed by atoms with Gasteiger partial charge in [-0.3, -0.25) is 4.79 Å². The third kappa shape index (κ3) is 6.16. The number of carbonyl (C=O) groups excluding carboxylic acids is 1. The van der Waals surface area contributed by atoms with Gasteiger partial charge in [0.05, 0.1) is 0 Å². The van der Waals surface area contributed by atoms with E-state index in [-0.39, 0.29) is 18.3 Å². The third-order valence-corrected chi connectivity index (χ3v) is 4.42. The lowest BCUT2D eigenvalue weighted by Crippen LogP contribution is -2.28. The number of benzene rings is 3. The van der Waals surface area contributed by atoms with Crippen molar-refractivity contribution in [2.75, 3.05) is 20.7 Å². The summed E-state index contributed by atoms with van der Waals surface area (Å²) in [5.74, 6) is 0.170. The molecule has 0 aliphatic carbocycles. The Hall–Kier alpha value is -3.18. The Morgan fingerprint density at radius 3 is 2.38 bits per heavy atom. The molecule has 0 unspecified atom stereocenters.